The van der Waals surface area contributed by atoms with E-state index in [2.05, 4.69) is 15.5 Å². The van der Waals surface area contributed by atoms with Gasteiger partial charge in [0.25, 0.3) is 0 Å². The van der Waals surface area contributed by atoms with Gasteiger partial charge in [-0.2, -0.15) is 0 Å². The first-order chi connectivity index (χ1) is 8.72. The number of hydrogen-bond acceptors (Lipinski definition) is 5. The molecule has 1 heterocycles. The zero-order valence-electron chi connectivity index (χ0n) is 10.0. The predicted octanol–water partition coefficient (Wildman–Crippen LogP) is 0.346. The number of thioether (sulfide) groups is 1. The number of aliphatic hydroxyl groups is 1. The Balaban J connectivity index is 1.51. The van der Waals surface area contributed by atoms with Crippen molar-refractivity contribution in [1.29, 1.82) is 0 Å². The Morgan fingerprint density at radius 2 is 2.39 bits per heavy atom. The van der Waals surface area contributed by atoms with Gasteiger partial charge in [0.2, 0.25) is 5.91 Å². The highest BCUT2D eigenvalue weighted by atomic mass is 32.2. The highest BCUT2D eigenvalue weighted by Gasteiger charge is 2.43. The fourth-order valence-corrected chi connectivity index (χ4v) is 2.66. The van der Waals surface area contributed by atoms with Crippen LogP contribution in [0.25, 0.3) is 0 Å². The van der Waals surface area contributed by atoms with Crippen LogP contribution in [-0.2, 0) is 4.79 Å². The van der Waals surface area contributed by atoms with E-state index in [0.29, 0.717) is 11.8 Å². The molecule has 98 valence electrons. The van der Waals surface area contributed by atoms with Gasteiger partial charge in [-0.1, -0.05) is 11.8 Å². The van der Waals surface area contributed by atoms with E-state index in [-0.39, 0.29) is 18.1 Å². The molecule has 0 aliphatic heterocycles. The second-order valence-corrected chi connectivity index (χ2v) is 5.97. The van der Waals surface area contributed by atoms with Crippen LogP contribution in [0.2, 0.25) is 0 Å². The number of aliphatic hydroxyl groups excluding tert-OH is 1. The van der Waals surface area contributed by atoms with E-state index in [9.17, 15) is 4.79 Å². The lowest BCUT2D eigenvalue weighted by atomic mass is 10.3. The lowest BCUT2D eigenvalue weighted by molar-refractivity contribution is -0.119. The Hall–Kier alpha value is -1.08. The van der Waals surface area contributed by atoms with E-state index in [1.54, 1.807) is 6.33 Å². The van der Waals surface area contributed by atoms with E-state index in [1.165, 1.54) is 24.6 Å². The molecule has 1 amide bonds. The molecule has 2 saturated carbocycles. The molecule has 2 N–H and O–H groups in total. The van der Waals surface area contributed by atoms with Gasteiger partial charge in [-0.05, 0) is 25.7 Å². The first kappa shape index (κ1) is 12.0. The first-order valence-electron chi connectivity index (χ1n) is 6.17. The van der Waals surface area contributed by atoms with E-state index in [1.807, 2.05) is 4.57 Å². The second-order valence-electron chi connectivity index (χ2n) is 5.03. The molecular weight excluding hydrogens is 252 g/mol. The van der Waals surface area contributed by atoms with Gasteiger partial charge in [0.05, 0.1) is 17.9 Å². The molecular formula is C11H16N4O2S. The Morgan fingerprint density at radius 3 is 3.00 bits per heavy atom. The minimum atomic E-state index is -0.332. The maximum absolute atomic E-state index is 11.7. The van der Waals surface area contributed by atoms with Gasteiger partial charge in [0.15, 0.2) is 5.16 Å². The van der Waals surface area contributed by atoms with Crippen LogP contribution in [0.1, 0.15) is 31.7 Å². The zero-order valence-corrected chi connectivity index (χ0v) is 10.8. The third-order valence-electron chi connectivity index (χ3n) is 3.37. The van der Waals surface area contributed by atoms with E-state index in [0.717, 1.165) is 18.0 Å². The molecule has 2 fully saturated rings. The van der Waals surface area contributed by atoms with Crippen molar-refractivity contribution in [2.45, 2.75) is 42.4 Å². The molecule has 1 aromatic rings. The van der Waals surface area contributed by atoms with Gasteiger partial charge in [-0.25, -0.2) is 0 Å². The number of carbonyl (C=O) groups excluding carboxylic acids is 1. The Kier molecular flexibility index (Phi) is 3.03. The summed E-state index contributed by atoms with van der Waals surface area (Å²) >= 11 is 1.40. The normalized spacial score (nSPS) is 20.7. The van der Waals surface area contributed by atoms with Crippen molar-refractivity contribution in [3.63, 3.8) is 0 Å². The van der Waals surface area contributed by atoms with Crippen LogP contribution < -0.4 is 5.32 Å². The summed E-state index contributed by atoms with van der Waals surface area (Å²) in [6, 6.07) is 0.526. The number of aromatic nitrogens is 3. The molecule has 0 unspecified atom stereocenters. The van der Waals surface area contributed by atoms with E-state index >= 15 is 0 Å². The van der Waals surface area contributed by atoms with Gasteiger partial charge in [0.1, 0.15) is 6.33 Å². The number of amides is 1. The van der Waals surface area contributed by atoms with Crippen LogP contribution in [0, 0.1) is 0 Å². The van der Waals surface area contributed by atoms with Gasteiger partial charge in [-0.15, -0.1) is 10.2 Å². The average molecular weight is 268 g/mol. The number of carbonyl (C=O) groups is 1. The minimum absolute atomic E-state index is 0.0294. The third-order valence-corrected chi connectivity index (χ3v) is 4.33. The SMILES string of the molecule is O=C(CSc1nncn1C1CC1)NC1(CO)CC1. The Labute approximate surface area is 109 Å². The van der Waals surface area contributed by atoms with Crippen molar-refractivity contribution in [3.8, 4) is 0 Å². The van der Waals surface area contributed by atoms with Crippen LogP contribution in [0.4, 0.5) is 0 Å². The highest BCUT2D eigenvalue weighted by Crippen LogP contribution is 2.37. The molecule has 0 saturated heterocycles. The summed E-state index contributed by atoms with van der Waals surface area (Å²) in [6.07, 6.45) is 5.82. The maximum atomic E-state index is 11.7. The molecule has 1 aromatic heterocycles. The smallest absolute Gasteiger partial charge is 0.230 e. The Bertz CT molecular complexity index is 454. The number of hydrogen-bond donors (Lipinski definition) is 2. The monoisotopic (exact) mass is 268 g/mol. The fourth-order valence-electron chi connectivity index (χ4n) is 1.87. The minimum Gasteiger partial charge on any atom is -0.394 e. The number of nitrogens with zero attached hydrogens (tertiary/aromatic N) is 3. The molecule has 0 atom stereocenters. The third kappa shape index (κ3) is 2.51. The second kappa shape index (κ2) is 4.55. The summed E-state index contributed by atoms with van der Waals surface area (Å²) in [5, 5.41) is 20.7. The summed E-state index contributed by atoms with van der Waals surface area (Å²) in [5.74, 6) is 0.282. The molecule has 2 aliphatic carbocycles. The van der Waals surface area contributed by atoms with Crippen LogP contribution in [0.3, 0.4) is 0 Å². The standard InChI is InChI=1S/C11H16N4O2S/c16-6-11(3-4-11)13-9(17)5-18-10-14-12-7-15(10)8-1-2-8/h7-8,16H,1-6H2,(H,13,17). The van der Waals surface area contributed by atoms with Crippen molar-refractivity contribution in [2.24, 2.45) is 0 Å². The van der Waals surface area contributed by atoms with E-state index in [4.69, 9.17) is 5.11 Å². The van der Waals surface area contributed by atoms with Gasteiger partial charge in [0, 0.05) is 6.04 Å². The quantitative estimate of drug-likeness (QED) is 0.728. The summed E-state index contributed by atoms with van der Waals surface area (Å²) < 4.78 is 2.04. The molecule has 18 heavy (non-hydrogen) atoms. The zero-order chi connectivity index (χ0) is 12.6. The Morgan fingerprint density at radius 1 is 1.61 bits per heavy atom. The lowest BCUT2D eigenvalue weighted by Gasteiger charge is -2.13. The molecule has 3 rings (SSSR count). The van der Waals surface area contributed by atoms with Crippen LogP contribution in [0.5, 0.6) is 0 Å². The van der Waals surface area contributed by atoms with Crippen LogP contribution in [-0.4, -0.2) is 43.7 Å². The van der Waals surface area contributed by atoms with Crippen LogP contribution >= 0.6 is 11.8 Å². The molecule has 0 bridgehead atoms. The topological polar surface area (TPSA) is 80.0 Å². The largest absolute Gasteiger partial charge is 0.394 e. The molecule has 7 heteroatoms. The average Bonchev–Trinajstić information content (AvgIpc) is 3.29. The molecule has 6 nitrogen and oxygen atoms in total. The van der Waals surface area contributed by atoms with Gasteiger partial charge >= 0.3 is 0 Å². The summed E-state index contributed by atoms with van der Waals surface area (Å²) in [7, 11) is 0. The lowest BCUT2D eigenvalue weighted by Crippen LogP contribution is -2.40. The van der Waals surface area contributed by atoms with Gasteiger partial charge in [-0.3, -0.25) is 4.79 Å². The van der Waals surface area contributed by atoms with Crippen molar-refractivity contribution in [3.05, 3.63) is 6.33 Å². The van der Waals surface area contributed by atoms with Crippen molar-refractivity contribution >= 4 is 17.7 Å². The molecule has 0 aromatic carbocycles. The molecule has 0 radical (unpaired) electrons. The summed E-state index contributed by atoms with van der Waals surface area (Å²) in [5.41, 5.74) is -0.332. The molecule has 0 spiro atoms. The maximum Gasteiger partial charge on any atom is 0.230 e. The van der Waals surface area contributed by atoms with Crippen LogP contribution in [0.15, 0.2) is 11.5 Å². The van der Waals surface area contributed by atoms with Crippen molar-refractivity contribution < 1.29 is 9.90 Å². The first-order valence-corrected chi connectivity index (χ1v) is 7.15. The van der Waals surface area contributed by atoms with Crippen molar-refractivity contribution in [1.82, 2.24) is 20.1 Å². The van der Waals surface area contributed by atoms with Gasteiger partial charge < -0.3 is 15.0 Å². The predicted molar refractivity (Wildman–Crippen MR) is 66.2 cm³/mol. The summed E-state index contributed by atoms with van der Waals surface area (Å²) in [4.78, 5) is 11.7. The number of nitrogens with one attached hydrogen (secondary N) is 1. The molecule has 2 aliphatic rings. The fraction of sp³-hybridized carbons (Fsp3) is 0.727. The summed E-state index contributed by atoms with van der Waals surface area (Å²) in [6.45, 7) is 0.0294. The number of rotatable bonds is 6. The highest BCUT2D eigenvalue weighted by molar-refractivity contribution is 7.99. The van der Waals surface area contributed by atoms with Crippen molar-refractivity contribution in [2.75, 3.05) is 12.4 Å². The van der Waals surface area contributed by atoms with E-state index < -0.39 is 0 Å².